The molecule has 0 aliphatic heterocycles. The van der Waals surface area contributed by atoms with Crippen LogP contribution in [0, 0.1) is 0 Å². The van der Waals surface area contributed by atoms with Crippen molar-refractivity contribution in [1.82, 2.24) is 10.2 Å². The molecule has 0 aromatic heterocycles. The van der Waals surface area contributed by atoms with E-state index in [2.05, 4.69) is 5.32 Å². The van der Waals surface area contributed by atoms with Gasteiger partial charge in [-0.1, -0.05) is 61.9 Å². The minimum Gasteiger partial charge on any atom is -0.494 e. The molecule has 0 fully saturated rings. The SMILES string of the molecule is CCCCNC(=O)[C@H](C)N(Cc1ccccc1)C(=O)CN(c1ccc(OCC)cc1)S(=O)(=O)c1ccccc1. The number of hydrogen-bond acceptors (Lipinski definition) is 5. The average molecular weight is 552 g/mol. The highest BCUT2D eigenvalue weighted by atomic mass is 32.2. The molecule has 0 unspecified atom stereocenters. The molecule has 0 aliphatic carbocycles. The van der Waals surface area contributed by atoms with Crippen LogP contribution in [0.15, 0.2) is 89.8 Å². The van der Waals surface area contributed by atoms with E-state index in [1.165, 1.54) is 17.0 Å². The Morgan fingerprint density at radius 2 is 1.51 bits per heavy atom. The average Bonchev–Trinajstić information content (AvgIpc) is 2.96. The molecule has 3 rings (SSSR count). The molecule has 0 radical (unpaired) electrons. The number of hydrogen-bond donors (Lipinski definition) is 1. The zero-order valence-electron chi connectivity index (χ0n) is 22.7. The first-order valence-electron chi connectivity index (χ1n) is 13.2. The summed E-state index contributed by atoms with van der Waals surface area (Å²) in [5.74, 6) is -0.190. The van der Waals surface area contributed by atoms with Crippen LogP contribution >= 0.6 is 0 Å². The van der Waals surface area contributed by atoms with Gasteiger partial charge < -0.3 is 15.0 Å². The molecule has 1 N–H and O–H groups in total. The Labute approximate surface area is 231 Å². The molecule has 1 atom stereocenters. The third kappa shape index (κ3) is 8.07. The molecule has 0 spiro atoms. The molecule has 0 aliphatic rings. The smallest absolute Gasteiger partial charge is 0.264 e. The summed E-state index contributed by atoms with van der Waals surface area (Å²) in [6.45, 7) is 6.21. The van der Waals surface area contributed by atoms with E-state index in [1.54, 1.807) is 49.4 Å². The third-order valence-corrected chi connectivity index (χ3v) is 8.03. The Bertz CT molecular complexity index is 1300. The molecule has 39 heavy (non-hydrogen) atoms. The van der Waals surface area contributed by atoms with Gasteiger partial charge in [0, 0.05) is 13.1 Å². The maximum atomic E-state index is 13.9. The van der Waals surface area contributed by atoms with Gasteiger partial charge in [-0.15, -0.1) is 0 Å². The summed E-state index contributed by atoms with van der Waals surface area (Å²) in [7, 11) is -4.10. The van der Waals surface area contributed by atoms with E-state index < -0.39 is 28.5 Å². The first-order chi connectivity index (χ1) is 18.8. The van der Waals surface area contributed by atoms with Gasteiger partial charge in [-0.25, -0.2) is 8.42 Å². The molecule has 0 heterocycles. The first-order valence-corrected chi connectivity index (χ1v) is 14.6. The number of nitrogens with zero attached hydrogens (tertiary/aromatic N) is 2. The van der Waals surface area contributed by atoms with Gasteiger partial charge in [0.2, 0.25) is 11.8 Å². The number of rotatable bonds is 14. The van der Waals surface area contributed by atoms with Crippen molar-refractivity contribution in [2.24, 2.45) is 0 Å². The van der Waals surface area contributed by atoms with Crippen LogP contribution in [0.5, 0.6) is 5.75 Å². The molecule has 0 bridgehead atoms. The van der Waals surface area contributed by atoms with Gasteiger partial charge in [-0.2, -0.15) is 0 Å². The molecule has 0 saturated carbocycles. The zero-order valence-corrected chi connectivity index (χ0v) is 23.6. The number of benzene rings is 3. The Kier molecular flexibility index (Phi) is 10.9. The molecule has 8 nitrogen and oxygen atoms in total. The van der Waals surface area contributed by atoms with Crippen LogP contribution < -0.4 is 14.4 Å². The second-order valence-electron chi connectivity index (χ2n) is 9.08. The molecule has 0 saturated heterocycles. The number of carbonyl (C=O) groups excluding carboxylic acids is 2. The van der Waals surface area contributed by atoms with Crippen LogP contribution in [0.3, 0.4) is 0 Å². The lowest BCUT2D eigenvalue weighted by atomic mass is 10.1. The standard InChI is InChI=1S/C30H37N3O5S/c1-4-6-21-31-30(35)24(3)32(22-25-13-9-7-10-14-25)29(34)23-33(26-17-19-27(20-18-26)38-5-2)39(36,37)28-15-11-8-12-16-28/h7-20,24H,4-6,21-23H2,1-3H3,(H,31,35)/t24-/m0/s1. The molecule has 9 heteroatoms. The highest BCUT2D eigenvalue weighted by molar-refractivity contribution is 7.92. The summed E-state index contributed by atoms with van der Waals surface area (Å²) < 4.78 is 34.2. The van der Waals surface area contributed by atoms with Crippen LogP contribution in [0.2, 0.25) is 0 Å². The van der Waals surface area contributed by atoms with Gasteiger partial charge >= 0.3 is 0 Å². The van der Waals surface area contributed by atoms with E-state index in [0.717, 1.165) is 22.7 Å². The minimum absolute atomic E-state index is 0.0617. The molecular weight excluding hydrogens is 514 g/mol. The highest BCUT2D eigenvalue weighted by Crippen LogP contribution is 2.26. The van der Waals surface area contributed by atoms with Gasteiger partial charge in [0.1, 0.15) is 18.3 Å². The number of carbonyl (C=O) groups is 2. The third-order valence-electron chi connectivity index (χ3n) is 6.24. The Morgan fingerprint density at radius 1 is 0.897 bits per heavy atom. The summed E-state index contributed by atoms with van der Waals surface area (Å²) in [6.07, 6.45) is 1.75. The summed E-state index contributed by atoms with van der Waals surface area (Å²) >= 11 is 0. The lowest BCUT2D eigenvalue weighted by Crippen LogP contribution is -2.51. The van der Waals surface area contributed by atoms with E-state index >= 15 is 0 Å². The van der Waals surface area contributed by atoms with Crippen LogP contribution in [-0.2, 0) is 26.2 Å². The van der Waals surface area contributed by atoms with Crippen molar-refractivity contribution in [3.05, 3.63) is 90.5 Å². The Balaban J connectivity index is 1.97. The van der Waals surface area contributed by atoms with Crippen molar-refractivity contribution in [2.75, 3.05) is 24.0 Å². The lowest BCUT2D eigenvalue weighted by Gasteiger charge is -2.32. The fraction of sp³-hybridized carbons (Fsp3) is 0.333. The van der Waals surface area contributed by atoms with Gasteiger partial charge in [-0.3, -0.25) is 13.9 Å². The van der Waals surface area contributed by atoms with Crippen LogP contribution in [0.1, 0.15) is 39.2 Å². The van der Waals surface area contributed by atoms with Crippen molar-refractivity contribution < 1.29 is 22.7 Å². The summed E-state index contributed by atoms with van der Waals surface area (Å²) in [5.41, 5.74) is 1.15. The van der Waals surface area contributed by atoms with Crippen molar-refractivity contribution in [3.63, 3.8) is 0 Å². The topological polar surface area (TPSA) is 96.0 Å². The second-order valence-corrected chi connectivity index (χ2v) is 10.9. The zero-order chi connectivity index (χ0) is 28.3. The van der Waals surface area contributed by atoms with E-state index in [-0.39, 0.29) is 17.3 Å². The highest BCUT2D eigenvalue weighted by Gasteiger charge is 2.32. The summed E-state index contributed by atoms with van der Waals surface area (Å²) in [4.78, 5) is 28.3. The van der Waals surface area contributed by atoms with E-state index in [1.807, 2.05) is 44.2 Å². The van der Waals surface area contributed by atoms with Crippen LogP contribution in [0.4, 0.5) is 5.69 Å². The predicted molar refractivity (Wildman–Crippen MR) is 153 cm³/mol. The predicted octanol–water partition coefficient (Wildman–Crippen LogP) is 4.61. The second kappa shape index (κ2) is 14.3. The molecule has 3 aromatic rings. The monoisotopic (exact) mass is 551 g/mol. The lowest BCUT2D eigenvalue weighted by molar-refractivity contribution is -0.139. The summed E-state index contributed by atoms with van der Waals surface area (Å²) in [6, 6.07) is 23.1. The first kappa shape index (κ1) is 29.7. The van der Waals surface area contributed by atoms with Crippen molar-refractivity contribution in [2.45, 2.75) is 51.1 Å². The van der Waals surface area contributed by atoms with Crippen molar-refractivity contribution in [1.29, 1.82) is 0 Å². The van der Waals surface area contributed by atoms with E-state index in [0.29, 0.717) is 24.6 Å². The largest absolute Gasteiger partial charge is 0.494 e. The summed E-state index contributed by atoms with van der Waals surface area (Å²) in [5, 5.41) is 2.89. The maximum Gasteiger partial charge on any atom is 0.264 e. The molecular formula is C30H37N3O5S. The van der Waals surface area contributed by atoms with Crippen molar-refractivity contribution >= 4 is 27.5 Å². The number of anilines is 1. The number of sulfonamides is 1. The minimum atomic E-state index is -4.10. The fourth-order valence-corrected chi connectivity index (χ4v) is 5.46. The van der Waals surface area contributed by atoms with Gasteiger partial charge in [0.05, 0.1) is 17.2 Å². The van der Waals surface area contributed by atoms with Crippen molar-refractivity contribution in [3.8, 4) is 5.75 Å². The number of amides is 2. The van der Waals surface area contributed by atoms with Gasteiger partial charge in [0.15, 0.2) is 0 Å². The van der Waals surface area contributed by atoms with Crippen LogP contribution in [-0.4, -0.2) is 50.9 Å². The van der Waals surface area contributed by atoms with Crippen LogP contribution in [0.25, 0.3) is 0 Å². The van der Waals surface area contributed by atoms with E-state index in [4.69, 9.17) is 4.74 Å². The van der Waals surface area contributed by atoms with Gasteiger partial charge in [-0.05, 0) is 62.2 Å². The quantitative estimate of drug-likeness (QED) is 0.295. The van der Waals surface area contributed by atoms with Gasteiger partial charge in [0.25, 0.3) is 10.0 Å². The number of unbranched alkanes of at least 4 members (excludes halogenated alkanes) is 1. The number of ether oxygens (including phenoxy) is 1. The fourth-order valence-electron chi connectivity index (χ4n) is 4.02. The normalized spacial score (nSPS) is 11.9. The molecule has 3 aromatic carbocycles. The Morgan fingerprint density at radius 3 is 2.10 bits per heavy atom. The molecule has 2 amide bonds. The maximum absolute atomic E-state index is 13.9. The molecule has 208 valence electrons. The number of nitrogens with one attached hydrogen (secondary N) is 1. The van der Waals surface area contributed by atoms with E-state index in [9.17, 15) is 18.0 Å². The Hall–Kier alpha value is -3.85.